The first kappa shape index (κ1) is 16.1. The number of pyridine rings is 1. The maximum Gasteiger partial charge on any atom is 0.305 e. The van der Waals surface area contributed by atoms with Crippen molar-refractivity contribution in [2.75, 3.05) is 13.1 Å². The first-order valence-corrected chi connectivity index (χ1v) is 7.06. The number of amides is 1. The van der Waals surface area contributed by atoms with Crippen LogP contribution in [0.25, 0.3) is 0 Å². The van der Waals surface area contributed by atoms with Crippen LogP contribution in [0.1, 0.15) is 49.4 Å². The van der Waals surface area contributed by atoms with E-state index in [2.05, 4.69) is 11.9 Å². The molecule has 0 spiro atoms. The number of aliphatic carboxylic acids is 1. The number of carboxylic acids is 1. The minimum Gasteiger partial charge on any atom is -0.481 e. The molecule has 20 heavy (non-hydrogen) atoms. The molecule has 1 N–H and O–H groups in total. The summed E-state index contributed by atoms with van der Waals surface area (Å²) >= 11 is 0. The number of carboxylic acid groups (broad SMARTS) is 1. The first-order valence-electron chi connectivity index (χ1n) is 7.06. The van der Waals surface area contributed by atoms with Gasteiger partial charge in [0.15, 0.2) is 0 Å². The third-order valence-electron chi connectivity index (χ3n) is 3.09. The van der Waals surface area contributed by atoms with Crippen LogP contribution in [0.5, 0.6) is 0 Å². The number of nitrogens with zero attached hydrogens (tertiary/aromatic N) is 2. The SMILES string of the molecule is CCCCCCN(CCC(=O)O)C(=O)c1ccncc1. The molecule has 5 heteroatoms. The van der Waals surface area contributed by atoms with Gasteiger partial charge < -0.3 is 10.0 Å². The highest BCUT2D eigenvalue weighted by Crippen LogP contribution is 2.08. The Morgan fingerprint density at radius 2 is 1.85 bits per heavy atom. The summed E-state index contributed by atoms with van der Waals surface area (Å²) in [7, 11) is 0. The van der Waals surface area contributed by atoms with Gasteiger partial charge in [-0.15, -0.1) is 0 Å². The molecule has 0 unspecified atom stereocenters. The van der Waals surface area contributed by atoms with Gasteiger partial charge in [-0.2, -0.15) is 0 Å². The van der Waals surface area contributed by atoms with Gasteiger partial charge in [0.05, 0.1) is 6.42 Å². The van der Waals surface area contributed by atoms with Gasteiger partial charge in [-0.3, -0.25) is 14.6 Å². The fraction of sp³-hybridized carbons (Fsp3) is 0.533. The molecule has 0 atom stereocenters. The summed E-state index contributed by atoms with van der Waals surface area (Å²) < 4.78 is 0. The molecule has 0 radical (unpaired) electrons. The summed E-state index contributed by atoms with van der Waals surface area (Å²) in [6, 6.07) is 3.31. The molecule has 0 aliphatic heterocycles. The van der Waals surface area contributed by atoms with Crippen LogP contribution in [0, 0.1) is 0 Å². The summed E-state index contributed by atoms with van der Waals surface area (Å²) in [5.74, 6) is -1.00. The summed E-state index contributed by atoms with van der Waals surface area (Å²) in [5.41, 5.74) is 0.556. The van der Waals surface area contributed by atoms with Crippen LogP contribution < -0.4 is 0 Å². The van der Waals surface area contributed by atoms with E-state index in [0.29, 0.717) is 12.1 Å². The highest BCUT2D eigenvalue weighted by Gasteiger charge is 2.16. The fourth-order valence-corrected chi connectivity index (χ4v) is 1.95. The highest BCUT2D eigenvalue weighted by molar-refractivity contribution is 5.94. The van der Waals surface area contributed by atoms with Gasteiger partial charge in [0.1, 0.15) is 0 Å². The molecule has 0 bridgehead atoms. The Kier molecular flexibility index (Phi) is 7.32. The standard InChI is InChI=1S/C15H22N2O3/c1-2-3-4-5-11-17(12-8-14(18)19)15(20)13-6-9-16-10-7-13/h6-7,9-10H,2-5,8,11-12H2,1H3,(H,18,19). The number of unbranched alkanes of at least 4 members (excludes halogenated alkanes) is 3. The zero-order valence-corrected chi connectivity index (χ0v) is 11.9. The molecule has 1 heterocycles. The molecule has 110 valence electrons. The largest absolute Gasteiger partial charge is 0.481 e. The van der Waals surface area contributed by atoms with Gasteiger partial charge in [0.2, 0.25) is 0 Å². The van der Waals surface area contributed by atoms with Crippen LogP contribution in [0.15, 0.2) is 24.5 Å². The zero-order valence-electron chi connectivity index (χ0n) is 11.9. The van der Waals surface area contributed by atoms with Crippen molar-refractivity contribution in [2.24, 2.45) is 0 Å². The molecule has 1 rings (SSSR count). The van der Waals surface area contributed by atoms with E-state index in [9.17, 15) is 9.59 Å². The third-order valence-corrected chi connectivity index (χ3v) is 3.09. The summed E-state index contributed by atoms with van der Waals surface area (Å²) in [4.78, 5) is 28.5. The van der Waals surface area contributed by atoms with Crippen LogP contribution in [0.2, 0.25) is 0 Å². The van der Waals surface area contributed by atoms with Crippen molar-refractivity contribution in [3.8, 4) is 0 Å². The molecule has 0 aliphatic rings. The van der Waals surface area contributed by atoms with Crippen LogP contribution in [0.3, 0.4) is 0 Å². The lowest BCUT2D eigenvalue weighted by atomic mass is 10.1. The van der Waals surface area contributed by atoms with Crippen LogP contribution >= 0.6 is 0 Å². The molecule has 1 aromatic heterocycles. The molecule has 5 nitrogen and oxygen atoms in total. The Bertz CT molecular complexity index is 420. The van der Waals surface area contributed by atoms with Crippen LogP contribution in [0.4, 0.5) is 0 Å². The number of aromatic nitrogens is 1. The lowest BCUT2D eigenvalue weighted by Crippen LogP contribution is -2.34. The topological polar surface area (TPSA) is 70.5 Å². The number of rotatable bonds is 9. The van der Waals surface area contributed by atoms with Crippen LogP contribution in [-0.4, -0.2) is 40.0 Å². The van der Waals surface area contributed by atoms with E-state index >= 15 is 0 Å². The average molecular weight is 278 g/mol. The minimum atomic E-state index is -0.883. The van der Waals surface area contributed by atoms with Gasteiger partial charge >= 0.3 is 5.97 Å². The molecule has 1 aromatic rings. The van der Waals surface area contributed by atoms with Crippen molar-refractivity contribution < 1.29 is 14.7 Å². The van der Waals surface area contributed by atoms with Crippen molar-refractivity contribution in [1.29, 1.82) is 0 Å². The van der Waals surface area contributed by atoms with E-state index < -0.39 is 5.97 Å². The number of carbonyl (C=O) groups is 2. The Morgan fingerprint density at radius 1 is 1.15 bits per heavy atom. The van der Waals surface area contributed by atoms with Crippen molar-refractivity contribution in [2.45, 2.75) is 39.0 Å². The van der Waals surface area contributed by atoms with Gasteiger partial charge in [0.25, 0.3) is 5.91 Å². The molecule has 0 aliphatic carbocycles. The van der Waals surface area contributed by atoms with E-state index in [0.717, 1.165) is 25.7 Å². The Morgan fingerprint density at radius 3 is 2.45 bits per heavy atom. The average Bonchev–Trinajstić information content (AvgIpc) is 2.46. The fourth-order valence-electron chi connectivity index (χ4n) is 1.95. The normalized spacial score (nSPS) is 10.2. The summed E-state index contributed by atoms with van der Waals surface area (Å²) in [5, 5.41) is 8.78. The highest BCUT2D eigenvalue weighted by atomic mass is 16.4. The molecular weight excluding hydrogens is 256 g/mol. The Labute approximate surface area is 119 Å². The summed E-state index contributed by atoms with van der Waals surface area (Å²) in [6.45, 7) is 2.99. The zero-order chi connectivity index (χ0) is 14.8. The third kappa shape index (κ3) is 5.82. The molecule has 0 saturated heterocycles. The van der Waals surface area contributed by atoms with E-state index in [1.807, 2.05) is 0 Å². The second-order valence-electron chi connectivity index (χ2n) is 4.73. The van der Waals surface area contributed by atoms with E-state index in [-0.39, 0.29) is 18.9 Å². The first-order chi connectivity index (χ1) is 9.65. The van der Waals surface area contributed by atoms with Crippen LogP contribution in [-0.2, 0) is 4.79 Å². The molecular formula is C15H22N2O3. The number of hydrogen-bond donors (Lipinski definition) is 1. The van der Waals surface area contributed by atoms with Crippen molar-refractivity contribution in [1.82, 2.24) is 9.88 Å². The smallest absolute Gasteiger partial charge is 0.305 e. The maximum atomic E-state index is 12.3. The van der Waals surface area contributed by atoms with Gasteiger partial charge in [0, 0.05) is 31.0 Å². The molecule has 0 saturated carbocycles. The predicted molar refractivity (Wildman–Crippen MR) is 76.5 cm³/mol. The Balaban J connectivity index is 2.60. The molecule has 1 amide bonds. The monoisotopic (exact) mass is 278 g/mol. The lowest BCUT2D eigenvalue weighted by Gasteiger charge is -2.22. The van der Waals surface area contributed by atoms with Crippen molar-refractivity contribution in [3.63, 3.8) is 0 Å². The quantitative estimate of drug-likeness (QED) is 0.705. The molecule has 0 fully saturated rings. The van der Waals surface area contributed by atoms with Gasteiger partial charge in [-0.1, -0.05) is 26.2 Å². The van der Waals surface area contributed by atoms with E-state index in [1.165, 1.54) is 0 Å². The molecule has 0 aromatic carbocycles. The summed E-state index contributed by atoms with van der Waals surface area (Å²) in [6.07, 6.45) is 7.35. The van der Waals surface area contributed by atoms with Gasteiger partial charge in [-0.25, -0.2) is 0 Å². The van der Waals surface area contributed by atoms with Crippen molar-refractivity contribution >= 4 is 11.9 Å². The second-order valence-corrected chi connectivity index (χ2v) is 4.73. The maximum absolute atomic E-state index is 12.3. The Hall–Kier alpha value is -1.91. The van der Waals surface area contributed by atoms with Crippen molar-refractivity contribution in [3.05, 3.63) is 30.1 Å². The predicted octanol–water partition coefficient (Wildman–Crippen LogP) is 2.58. The van der Waals surface area contributed by atoms with Gasteiger partial charge in [-0.05, 0) is 18.6 Å². The number of carbonyl (C=O) groups excluding carboxylic acids is 1. The van der Waals surface area contributed by atoms with E-state index in [1.54, 1.807) is 29.4 Å². The minimum absolute atomic E-state index is 0.0232. The lowest BCUT2D eigenvalue weighted by molar-refractivity contribution is -0.137. The van der Waals surface area contributed by atoms with E-state index in [4.69, 9.17) is 5.11 Å². The number of hydrogen-bond acceptors (Lipinski definition) is 3. The second kappa shape index (κ2) is 9.07.